The fraction of sp³-hybridized carbons (Fsp3) is 0.300. The highest BCUT2D eigenvalue weighted by Gasteiger charge is 2.27. The number of aryl methyl sites for hydroxylation is 1. The Kier molecular flexibility index (Phi) is 4.68. The molecule has 4 rings (SSSR count). The molecule has 0 unspecified atom stereocenters. The first-order valence-corrected chi connectivity index (χ1v) is 9.72. The molecule has 1 aliphatic heterocycles. The third-order valence-corrected chi connectivity index (χ3v) is 5.35. The lowest BCUT2D eigenvalue weighted by Gasteiger charge is -2.36. The quantitative estimate of drug-likeness (QED) is 0.659. The molecule has 1 amide bonds. The number of halogens is 1. The van der Waals surface area contributed by atoms with Crippen LogP contribution in [0.2, 0.25) is 0 Å². The Morgan fingerprint density at radius 1 is 1.08 bits per heavy atom. The van der Waals surface area contributed by atoms with E-state index in [1.54, 1.807) is 0 Å². The summed E-state index contributed by atoms with van der Waals surface area (Å²) in [5.41, 5.74) is 3.58. The van der Waals surface area contributed by atoms with E-state index in [1.807, 2.05) is 40.6 Å². The molecule has 0 N–H and O–H groups in total. The summed E-state index contributed by atoms with van der Waals surface area (Å²) in [6.45, 7) is 5.17. The number of hydrogen-bond acceptors (Lipinski definition) is 3. The van der Waals surface area contributed by atoms with Crippen molar-refractivity contribution in [3.63, 3.8) is 0 Å². The molecule has 6 heteroatoms. The average molecular weight is 413 g/mol. The fourth-order valence-corrected chi connectivity index (χ4v) is 3.83. The van der Waals surface area contributed by atoms with Crippen LogP contribution in [0.15, 0.2) is 53.1 Å². The zero-order chi connectivity index (χ0) is 18.1. The van der Waals surface area contributed by atoms with Crippen molar-refractivity contribution in [2.45, 2.75) is 13.3 Å². The van der Waals surface area contributed by atoms with Crippen molar-refractivity contribution in [3.05, 3.63) is 64.5 Å². The number of piperazine rings is 1. The van der Waals surface area contributed by atoms with Gasteiger partial charge in [-0.2, -0.15) is 0 Å². The van der Waals surface area contributed by atoms with Crippen LogP contribution in [-0.4, -0.2) is 46.4 Å². The van der Waals surface area contributed by atoms with E-state index in [9.17, 15) is 4.79 Å². The number of anilines is 1. The van der Waals surface area contributed by atoms with Crippen molar-refractivity contribution in [1.29, 1.82) is 0 Å². The van der Waals surface area contributed by atoms with Gasteiger partial charge in [0.2, 0.25) is 0 Å². The summed E-state index contributed by atoms with van der Waals surface area (Å²) in [6.07, 6.45) is 2.67. The molecule has 1 saturated heterocycles. The Morgan fingerprint density at radius 3 is 2.50 bits per heavy atom. The van der Waals surface area contributed by atoms with Crippen molar-refractivity contribution in [2.24, 2.45) is 0 Å². The van der Waals surface area contributed by atoms with E-state index in [-0.39, 0.29) is 5.91 Å². The van der Waals surface area contributed by atoms with Gasteiger partial charge >= 0.3 is 0 Å². The fourth-order valence-electron chi connectivity index (χ4n) is 3.50. The van der Waals surface area contributed by atoms with Crippen molar-refractivity contribution >= 4 is 33.2 Å². The molecule has 26 heavy (non-hydrogen) atoms. The highest BCUT2D eigenvalue weighted by atomic mass is 79.9. The normalized spacial score (nSPS) is 14.8. The van der Waals surface area contributed by atoms with Crippen molar-refractivity contribution in [1.82, 2.24) is 14.3 Å². The van der Waals surface area contributed by atoms with Crippen molar-refractivity contribution < 1.29 is 4.79 Å². The van der Waals surface area contributed by atoms with Crippen LogP contribution < -0.4 is 4.90 Å². The highest BCUT2D eigenvalue weighted by Crippen LogP contribution is 2.21. The maximum atomic E-state index is 13.2. The molecule has 134 valence electrons. The van der Waals surface area contributed by atoms with Crippen LogP contribution in [0.25, 0.3) is 5.65 Å². The predicted octanol–water partition coefficient (Wildman–Crippen LogP) is 3.62. The van der Waals surface area contributed by atoms with Gasteiger partial charge in [-0.15, -0.1) is 0 Å². The van der Waals surface area contributed by atoms with Gasteiger partial charge in [0.25, 0.3) is 5.91 Å². The van der Waals surface area contributed by atoms with Gasteiger partial charge in [0.15, 0.2) is 0 Å². The molecule has 0 aliphatic carbocycles. The molecule has 1 aromatic carbocycles. The molecular formula is C20H21BrN4O. The van der Waals surface area contributed by atoms with Crippen LogP contribution in [-0.2, 0) is 6.42 Å². The molecule has 0 saturated carbocycles. The van der Waals surface area contributed by atoms with Gasteiger partial charge in [-0.25, -0.2) is 4.98 Å². The zero-order valence-electron chi connectivity index (χ0n) is 14.7. The molecule has 2 aromatic heterocycles. The number of pyridine rings is 1. The third kappa shape index (κ3) is 3.09. The number of carbonyl (C=O) groups excluding carboxylic acids is 1. The Morgan fingerprint density at radius 2 is 1.81 bits per heavy atom. The van der Waals surface area contributed by atoms with E-state index in [4.69, 9.17) is 0 Å². The number of nitrogens with zero attached hydrogens (tertiary/aromatic N) is 4. The maximum absolute atomic E-state index is 13.2. The number of hydrogen-bond donors (Lipinski definition) is 0. The summed E-state index contributed by atoms with van der Waals surface area (Å²) in [5.74, 6) is 0.0696. The number of benzene rings is 1. The average Bonchev–Trinajstić information content (AvgIpc) is 3.06. The number of imidazole rings is 1. The van der Waals surface area contributed by atoms with Crippen LogP contribution in [0.5, 0.6) is 0 Å². The number of amides is 1. The Bertz CT molecular complexity index is 930. The minimum atomic E-state index is 0.0696. The van der Waals surface area contributed by atoms with Crippen molar-refractivity contribution in [2.75, 3.05) is 31.1 Å². The van der Waals surface area contributed by atoms with Gasteiger partial charge in [0.1, 0.15) is 11.3 Å². The molecule has 5 nitrogen and oxygen atoms in total. The number of carbonyl (C=O) groups is 1. The standard InChI is InChI=1S/C20H21BrN4O/c1-2-17-19(25-14-15(21)8-9-18(25)22-17)20(26)24-12-10-23(11-13-24)16-6-4-3-5-7-16/h3-9,14H,2,10-13H2,1H3. The van der Waals surface area contributed by atoms with Gasteiger partial charge < -0.3 is 9.80 Å². The third-order valence-electron chi connectivity index (χ3n) is 4.88. The molecule has 0 spiro atoms. The van der Waals surface area contributed by atoms with Crippen LogP contribution >= 0.6 is 15.9 Å². The summed E-state index contributed by atoms with van der Waals surface area (Å²) >= 11 is 3.50. The zero-order valence-corrected chi connectivity index (χ0v) is 16.3. The molecular weight excluding hydrogens is 392 g/mol. The largest absolute Gasteiger partial charge is 0.368 e. The van der Waals surface area contributed by atoms with Gasteiger partial charge in [0.05, 0.1) is 5.69 Å². The summed E-state index contributed by atoms with van der Waals surface area (Å²) in [7, 11) is 0. The topological polar surface area (TPSA) is 40.9 Å². The monoisotopic (exact) mass is 412 g/mol. The van der Waals surface area contributed by atoms with E-state index in [2.05, 4.69) is 50.1 Å². The van der Waals surface area contributed by atoms with Crippen molar-refractivity contribution in [3.8, 4) is 0 Å². The molecule has 3 heterocycles. The van der Waals surface area contributed by atoms with E-state index in [0.29, 0.717) is 5.69 Å². The number of para-hydroxylation sites is 1. The van der Waals surface area contributed by atoms with Gasteiger partial charge in [0, 0.05) is 42.5 Å². The summed E-state index contributed by atoms with van der Waals surface area (Å²) in [5, 5.41) is 0. The second-order valence-corrected chi connectivity index (χ2v) is 7.37. The molecule has 3 aromatic rings. The van der Waals surface area contributed by atoms with E-state index >= 15 is 0 Å². The smallest absolute Gasteiger partial charge is 0.272 e. The maximum Gasteiger partial charge on any atom is 0.272 e. The number of rotatable bonds is 3. The van der Waals surface area contributed by atoms with E-state index in [1.165, 1.54) is 5.69 Å². The van der Waals surface area contributed by atoms with Crippen LogP contribution in [0, 0.1) is 0 Å². The molecule has 0 atom stereocenters. The van der Waals surface area contributed by atoms with Crippen LogP contribution in [0.1, 0.15) is 23.1 Å². The first-order chi connectivity index (χ1) is 12.7. The second kappa shape index (κ2) is 7.11. The summed E-state index contributed by atoms with van der Waals surface area (Å²) in [4.78, 5) is 22.2. The number of fused-ring (bicyclic) bond motifs is 1. The molecule has 0 bridgehead atoms. The molecule has 1 aliphatic rings. The Labute approximate surface area is 161 Å². The first kappa shape index (κ1) is 17.1. The van der Waals surface area contributed by atoms with Crippen LogP contribution in [0.4, 0.5) is 5.69 Å². The molecule has 0 radical (unpaired) electrons. The lowest BCUT2D eigenvalue weighted by Crippen LogP contribution is -2.49. The van der Waals surface area contributed by atoms with Gasteiger partial charge in [-0.05, 0) is 46.6 Å². The first-order valence-electron chi connectivity index (χ1n) is 8.93. The molecule has 1 fully saturated rings. The highest BCUT2D eigenvalue weighted by molar-refractivity contribution is 9.10. The SMILES string of the molecule is CCc1nc2ccc(Br)cn2c1C(=O)N1CCN(c2ccccc2)CC1. The second-order valence-electron chi connectivity index (χ2n) is 6.45. The van der Waals surface area contributed by atoms with E-state index in [0.717, 1.165) is 48.4 Å². The van der Waals surface area contributed by atoms with E-state index < -0.39 is 0 Å². The minimum absolute atomic E-state index is 0.0696. The van der Waals surface area contributed by atoms with Crippen LogP contribution in [0.3, 0.4) is 0 Å². The lowest BCUT2D eigenvalue weighted by molar-refractivity contribution is 0.0738. The predicted molar refractivity (Wildman–Crippen MR) is 107 cm³/mol. The number of aromatic nitrogens is 2. The Balaban J connectivity index is 1.57. The summed E-state index contributed by atoms with van der Waals surface area (Å²) < 4.78 is 2.85. The minimum Gasteiger partial charge on any atom is -0.368 e. The van der Waals surface area contributed by atoms with Gasteiger partial charge in [-0.1, -0.05) is 25.1 Å². The summed E-state index contributed by atoms with van der Waals surface area (Å²) in [6, 6.07) is 14.3. The lowest BCUT2D eigenvalue weighted by atomic mass is 10.2. The Hall–Kier alpha value is -2.34. The van der Waals surface area contributed by atoms with Gasteiger partial charge in [-0.3, -0.25) is 9.20 Å².